The first kappa shape index (κ1) is 14.5. The van der Waals surface area contributed by atoms with Crippen molar-refractivity contribution in [2.75, 3.05) is 18.5 Å². The minimum Gasteiger partial charge on any atom is -0.352 e. The standard InChI is InChI=1S/C16H22N4/c1-4-20(12-14-5-7-18-8-6-14)16-13(2)9-15(10-17-3)11-19-16/h5-9,11,17H,4,10,12H2,1-3H3. The summed E-state index contributed by atoms with van der Waals surface area (Å²) in [6, 6.07) is 6.30. The molecule has 4 heteroatoms. The molecule has 20 heavy (non-hydrogen) atoms. The van der Waals surface area contributed by atoms with Gasteiger partial charge in [0.25, 0.3) is 0 Å². The topological polar surface area (TPSA) is 41.1 Å². The third-order valence-corrected chi connectivity index (χ3v) is 3.29. The highest BCUT2D eigenvalue weighted by molar-refractivity contribution is 5.47. The van der Waals surface area contributed by atoms with Crippen molar-refractivity contribution in [2.45, 2.75) is 26.9 Å². The Kier molecular flexibility index (Phi) is 5.07. The molecule has 4 nitrogen and oxygen atoms in total. The fourth-order valence-electron chi connectivity index (χ4n) is 2.30. The Morgan fingerprint density at radius 1 is 1.20 bits per heavy atom. The first-order chi connectivity index (χ1) is 9.74. The molecule has 0 atom stereocenters. The second kappa shape index (κ2) is 7.01. The summed E-state index contributed by atoms with van der Waals surface area (Å²) in [5.41, 5.74) is 3.68. The van der Waals surface area contributed by atoms with Gasteiger partial charge in [0, 0.05) is 38.2 Å². The van der Waals surface area contributed by atoms with Crippen LogP contribution in [0.25, 0.3) is 0 Å². The molecule has 106 valence electrons. The molecule has 2 rings (SSSR count). The van der Waals surface area contributed by atoms with Gasteiger partial charge in [-0.25, -0.2) is 4.98 Å². The predicted molar refractivity (Wildman–Crippen MR) is 82.7 cm³/mol. The van der Waals surface area contributed by atoms with E-state index in [2.05, 4.69) is 40.1 Å². The zero-order valence-corrected chi connectivity index (χ0v) is 12.4. The Labute approximate surface area is 120 Å². The number of aromatic nitrogens is 2. The van der Waals surface area contributed by atoms with Gasteiger partial charge in [0.2, 0.25) is 0 Å². The van der Waals surface area contributed by atoms with Gasteiger partial charge < -0.3 is 10.2 Å². The molecule has 0 bridgehead atoms. The molecule has 0 aliphatic carbocycles. The summed E-state index contributed by atoms with van der Waals surface area (Å²) in [5.74, 6) is 1.06. The number of rotatable bonds is 6. The van der Waals surface area contributed by atoms with Crippen LogP contribution in [-0.2, 0) is 13.1 Å². The first-order valence-corrected chi connectivity index (χ1v) is 6.98. The van der Waals surface area contributed by atoms with Crippen molar-refractivity contribution < 1.29 is 0 Å². The van der Waals surface area contributed by atoms with E-state index in [0.29, 0.717) is 0 Å². The number of pyridine rings is 2. The number of hydrogen-bond acceptors (Lipinski definition) is 4. The molecule has 0 spiro atoms. The minimum atomic E-state index is 0.852. The van der Waals surface area contributed by atoms with Crippen LogP contribution in [0.15, 0.2) is 36.8 Å². The number of anilines is 1. The second-order valence-electron chi connectivity index (χ2n) is 4.88. The normalized spacial score (nSPS) is 10.6. The van der Waals surface area contributed by atoms with E-state index in [9.17, 15) is 0 Å². The third kappa shape index (κ3) is 3.54. The van der Waals surface area contributed by atoms with E-state index in [1.54, 1.807) is 0 Å². The SMILES string of the molecule is CCN(Cc1ccncc1)c1ncc(CNC)cc1C. The summed E-state index contributed by atoms with van der Waals surface area (Å²) in [7, 11) is 1.95. The Morgan fingerprint density at radius 3 is 2.55 bits per heavy atom. The molecule has 0 amide bonds. The zero-order valence-electron chi connectivity index (χ0n) is 12.4. The largest absolute Gasteiger partial charge is 0.352 e. The molecule has 2 heterocycles. The van der Waals surface area contributed by atoms with Crippen molar-refractivity contribution in [1.29, 1.82) is 0 Å². The van der Waals surface area contributed by atoms with Crippen LogP contribution < -0.4 is 10.2 Å². The lowest BCUT2D eigenvalue weighted by Gasteiger charge is -2.24. The van der Waals surface area contributed by atoms with Crippen LogP contribution >= 0.6 is 0 Å². The van der Waals surface area contributed by atoms with E-state index >= 15 is 0 Å². The van der Waals surface area contributed by atoms with Gasteiger partial charge in [0.1, 0.15) is 5.82 Å². The van der Waals surface area contributed by atoms with Gasteiger partial charge in [0.05, 0.1) is 0 Å². The van der Waals surface area contributed by atoms with Gasteiger partial charge >= 0.3 is 0 Å². The lowest BCUT2D eigenvalue weighted by molar-refractivity contribution is 0.790. The van der Waals surface area contributed by atoms with Crippen LogP contribution in [0.4, 0.5) is 5.82 Å². The van der Waals surface area contributed by atoms with Crippen molar-refractivity contribution in [3.63, 3.8) is 0 Å². The van der Waals surface area contributed by atoms with Crippen molar-refractivity contribution >= 4 is 5.82 Å². The van der Waals surface area contributed by atoms with Crippen molar-refractivity contribution in [1.82, 2.24) is 15.3 Å². The molecule has 0 aliphatic rings. The molecule has 0 aliphatic heterocycles. The molecule has 0 saturated heterocycles. The summed E-state index contributed by atoms with van der Waals surface area (Å²) < 4.78 is 0. The Morgan fingerprint density at radius 2 is 1.95 bits per heavy atom. The quantitative estimate of drug-likeness (QED) is 0.876. The molecule has 2 aromatic rings. The maximum absolute atomic E-state index is 4.63. The van der Waals surface area contributed by atoms with Gasteiger partial charge in [-0.15, -0.1) is 0 Å². The fraction of sp³-hybridized carbons (Fsp3) is 0.375. The summed E-state index contributed by atoms with van der Waals surface area (Å²) in [6.07, 6.45) is 5.62. The highest BCUT2D eigenvalue weighted by Crippen LogP contribution is 2.20. The summed E-state index contributed by atoms with van der Waals surface area (Å²) in [6.45, 7) is 6.92. The lowest BCUT2D eigenvalue weighted by atomic mass is 10.1. The minimum absolute atomic E-state index is 0.852. The van der Waals surface area contributed by atoms with E-state index in [0.717, 1.165) is 25.5 Å². The van der Waals surface area contributed by atoms with Crippen LogP contribution in [0, 0.1) is 6.92 Å². The molecular formula is C16H22N4. The van der Waals surface area contributed by atoms with Gasteiger partial charge in [-0.05, 0) is 55.8 Å². The highest BCUT2D eigenvalue weighted by atomic mass is 15.2. The van der Waals surface area contributed by atoms with E-state index in [1.165, 1.54) is 16.7 Å². The summed E-state index contributed by atoms with van der Waals surface area (Å²) in [5, 5.41) is 3.15. The first-order valence-electron chi connectivity index (χ1n) is 6.98. The average molecular weight is 270 g/mol. The van der Waals surface area contributed by atoms with Gasteiger partial charge in [-0.3, -0.25) is 4.98 Å². The molecule has 0 saturated carbocycles. The van der Waals surface area contributed by atoms with E-state index in [1.807, 2.05) is 37.8 Å². The monoisotopic (exact) mass is 270 g/mol. The van der Waals surface area contributed by atoms with Crippen molar-refractivity contribution in [3.05, 3.63) is 53.5 Å². The van der Waals surface area contributed by atoms with Gasteiger partial charge in [0.15, 0.2) is 0 Å². The molecule has 0 radical (unpaired) electrons. The molecule has 2 aromatic heterocycles. The zero-order chi connectivity index (χ0) is 14.4. The van der Waals surface area contributed by atoms with E-state index in [4.69, 9.17) is 0 Å². The Hall–Kier alpha value is -1.94. The molecular weight excluding hydrogens is 248 g/mol. The fourth-order valence-corrected chi connectivity index (χ4v) is 2.30. The second-order valence-corrected chi connectivity index (χ2v) is 4.88. The van der Waals surface area contributed by atoms with Crippen LogP contribution in [0.2, 0.25) is 0 Å². The Bertz CT molecular complexity index is 539. The molecule has 1 N–H and O–H groups in total. The van der Waals surface area contributed by atoms with Gasteiger partial charge in [-0.2, -0.15) is 0 Å². The Balaban J connectivity index is 2.19. The van der Waals surface area contributed by atoms with Crippen LogP contribution in [0.3, 0.4) is 0 Å². The number of nitrogens with zero attached hydrogens (tertiary/aromatic N) is 3. The van der Waals surface area contributed by atoms with E-state index < -0.39 is 0 Å². The molecule has 0 aromatic carbocycles. The van der Waals surface area contributed by atoms with Crippen LogP contribution in [-0.4, -0.2) is 23.6 Å². The number of aryl methyl sites for hydroxylation is 1. The lowest BCUT2D eigenvalue weighted by Crippen LogP contribution is -2.24. The third-order valence-electron chi connectivity index (χ3n) is 3.29. The number of hydrogen-bond donors (Lipinski definition) is 1. The molecule has 0 fully saturated rings. The smallest absolute Gasteiger partial charge is 0.131 e. The van der Waals surface area contributed by atoms with Gasteiger partial charge in [-0.1, -0.05) is 0 Å². The predicted octanol–water partition coefficient (Wildman–Crippen LogP) is 2.53. The van der Waals surface area contributed by atoms with E-state index in [-0.39, 0.29) is 0 Å². The van der Waals surface area contributed by atoms with Crippen molar-refractivity contribution in [3.8, 4) is 0 Å². The summed E-state index contributed by atoms with van der Waals surface area (Å²) in [4.78, 5) is 11.0. The van der Waals surface area contributed by atoms with Crippen LogP contribution in [0.5, 0.6) is 0 Å². The molecule has 0 unspecified atom stereocenters. The number of nitrogens with one attached hydrogen (secondary N) is 1. The van der Waals surface area contributed by atoms with Crippen LogP contribution in [0.1, 0.15) is 23.6 Å². The highest BCUT2D eigenvalue weighted by Gasteiger charge is 2.10. The maximum atomic E-state index is 4.63. The maximum Gasteiger partial charge on any atom is 0.131 e. The summed E-state index contributed by atoms with van der Waals surface area (Å²) >= 11 is 0. The average Bonchev–Trinajstić information content (AvgIpc) is 2.47. The van der Waals surface area contributed by atoms with Crippen molar-refractivity contribution in [2.24, 2.45) is 0 Å².